The van der Waals surface area contributed by atoms with Crippen LogP contribution in [0.1, 0.15) is 47.5 Å². The lowest BCUT2D eigenvalue weighted by molar-refractivity contribution is 0.0243. The number of ether oxygens (including phenoxy) is 2. The Hall–Kier alpha value is -1.02. The molecule has 0 aromatic heterocycles. The van der Waals surface area contributed by atoms with E-state index in [1.54, 1.807) is 12.2 Å². The molecule has 2 heterocycles. The molecule has 158 valence electrons. The molecule has 0 spiro atoms. The molecule has 6 heteroatoms. The summed E-state index contributed by atoms with van der Waals surface area (Å²) in [5.74, 6) is 0. The molecule has 2 aliphatic rings. The van der Waals surface area contributed by atoms with Gasteiger partial charge in [-0.15, -0.1) is 0 Å². The number of aliphatic hydroxyl groups is 4. The Morgan fingerprint density at radius 3 is 1.74 bits per heavy atom. The second kappa shape index (κ2) is 12.4. The molecular weight excluding hydrogens is 348 g/mol. The number of hydrogen-bond acceptors (Lipinski definition) is 6. The molecule has 1 unspecified atom stereocenters. The van der Waals surface area contributed by atoms with Crippen molar-refractivity contribution in [2.24, 2.45) is 0 Å². The first-order chi connectivity index (χ1) is 12.8. The molecule has 4 N–H and O–H groups in total. The zero-order valence-corrected chi connectivity index (χ0v) is 17.4. The summed E-state index contributed by atoms with van der Waals surface area (Å²) in [6.45, 7) is 10.7. The van der Waals surface area contributed by atoms with Gasteiger partial charge < -0.3 is 29.9 Å². The highest BCUT2D eigenvalue weighted by Gasteiger charge is 2.47. The fourth-order valence-electron chi connectivity index (χ4n) is 2.34. The van der Waals surface area contributed by atoms with Gasteiger partial charge in [-0.05, 0) is 33.6 Å². The molecule has 0 aromatic carbocycles. The average molecular weight is 387 g/mol. The highest BCUT2D eigenvalue weighted by molar-refractivity contribution is 5.13. The van der Waals surface area contributed by atoms with Gasteiger partial charge in [0.2, 0.25) is 0 Å². The number of epoxide rings is 2. The lowest BCUT2D eigenvalue weighted by Crippen LogP contribution is -2.29. The summed E-state index contributed by atoms with van der Waals surface area (Å²) in [6, 6.07) is 0. The first kappa shape index (κ1) is 26.0. The molecule has 0 bridgehead atoms. The van der Waals surface area contributed by atoms with Crippen LogP contribution in [0.4, 0.5) is 0 Å². The zero-order chi connectivity index (χ0) is 21.0. The molecule has 4 atom stereocenters. The number of hydrogen-bond donors (Lipinski definition) is 4. The third-order valence-electron chi connectivity index (χ3n) is 4.49. The Bertz CT molecular complexity index is 471. The third-order valence-corrected chi connectivity index (χ3v) is 4.49. The van der Waals surface area contributed by atoms with Crippen LogP contribution in [0.25, 0.3) is 0 Å². The number of aliphatic hydroxyl groups excluding tert-OH is 3. The average Bonchev–Trinajstić information content (AvgIpc) is 3.60. The summed E-state index contributed by atoms with van der Waals surface area (Å²) >= 11 is 0. The molecule has 27 heavy (non-hydrogen) atoms. The van der Waals surface area contributed by atoms with Crippen LogP contribution in [-0.4, -0.2) is 69.8 Å². The Morgan fingerprint density at radius 1 is 1.00 bits per heavy atom. The standard InChI is InChI=1S/C8H14O2.C7H14O2.C6H10O2/c1-3-5-8(6-10-8)7(9)4-2;1-3-5-7(9,4-2)6-8;1-2-3-6(4-7)5-8-6/h3,5,7,9H,4,6H2,1-2H3;3,5,8-9H,4,6H2,1-2H3;2-3,7H,4-5H2,1H3/b2*5-3+;3-2+/t7?,8-;7-;6-/m110/s1. The molecule has 2 fully saturated rings. The summed E-state index contributed by atoms with van der Waals surface area (Å²) < 4.78 is 10.1. The Labute approximate surface area is 163 Å². The van der Waals surface area contributed by atoms with Crippen molar-refractivity contribution in [3.8, 4) is 0 Å². The largest absolute Gasteiger partial charge is 0.393 e. The Morgan fingerprint density at radius 2 is 1.56 bits per heavy atom. The van der Waals surface area contributed by atoms with Gasteiger partial charge >= 0.3 is 0 Å². The smallest absolute Gasteiger partial charge is 0.135 e. The Kier molecular flexibility index (Phi) is 12.0. The van der Waals surface area contributed by atoms with E-state index in [4.69, 9.17) is 19.7 Å². The van der Waals surface area contributed by atoms with E-state index in [0.717, 1.165) is 6.42 Å². The monoisotopic (exact) mass is 386 g/mol. The first-order valence-electron chi connectivity index (χ1n) is 9.58. The van der Waals surface area contributed by atoms with Gasteiger partial charge in [-0.3, -0.25) is 0 Å². The number of rotatable bonds is 8. The molecule has 2 saturated heterocycles. The van der Waals surface area contributed by atoms with Gasteiger partial charge in [0.15, 0.2) is 0 Å². The van der Waals surface area contributed by atoms with E-state index >= 15 is 0 Å². The maximum Gasteiger partial charge on any atom is 0.135 e. The van der Waals surface area contributed by atoms with Crippen molar-refractivity contribution < 1.29 is 29.9 Å². The molecule has 0 radical (unpaired) electrons. The lowest BCUT2D eigenvalue weighted by atomic mass is 10.0. The van der Waals surface area contributed by atoms with E-state index in [0.29, 0.717) is 19.6 Å². The van der Waals surface area contributed by atoms with Crippen LogP contribution in [0.3, 0.4) is 0 Å². The molecule has 0 aromatic rings. The van der Waals surface area contributed by atoms with Gasteiger partial charge in [-0.2, -0.15) is 0 Å². The minimum atomic E-state index is -0.991. The third kappa shape index (κ3) is 9.14. The van der Waals surface area contributed by atoms with Crippen molar-refractivity contribution in [2.45, 2.75) is 70.4 Å². The summed E-state index contributed by atoms with van der Waals surface area (Å²) in [4.78, 5) is 0. The van der Waals surface area contributed by atoms with E-state index in [1.165, 1.54) is 0 Å². The fraction of sp³-hybridized carbons (Fsp3) is 0.714. The highest BCUT2D eigenvalue weighted by Crippen LogP contribution is 2.33. The molecule has 0 aliphatic carbocycles. The molecule has 2 rings (SSSR count). The second-order valence-electron chi connectivity index (χ2n) is 6.79. The van der Waals surface area contributed by atoms with Crippen LogP contribution in [0.2, 0.25) is 0 Å². The predicted molar refractivity (Wildman–Crippen MR) is 108 cm³/mol. The van der Waals surface area contributed by atoms with Crippen molar-refractivity contribution in [3.05, 3.63) is 36.5 Å². The normalized spacial score (nSPS) is 29.7. The molecule has 2 aliphatic heterocycles. The topological polar surface area (TPSA) is 106 Å². The quantitative estimate of drug-likeness (QED) is 0.376. The zero-order valence-electron chi connectivity index (χ0n) is 17.4. The van der Waals surface area contributed by atoms with Crippen LogP contribution >= 0.6 is 0 Å². The molecule has 0 saturated carbocycles. The van der Waals surface area contributed by atoms with Crippen molar-refractivity contribution in [3.63, 3.8) is 0 Å². The van der Waals surface area contributed by atoms with E-state index in [2.05, 4.69) is 0 Å². The maximum atomic E-state index is 9.40. The predicted octanol–water partition coefficient (Wildman–Crippen LogP) is 2.12. The SMILES string of the molecule is C/C=C/[C@](O)(CC)CO.C/C=C/[C@]1(C(O)CC)CO1.C/C=C/[C@]1(CO)CO1. The number of allylic oxidation sites excluding steroid dienone is 3. The first-order valence-corrected chi connectivity index (χ1v) is 9.58. The summed E-state index contributed by atoms with van der Waals surface area (Å²) in [5, 5.41) is 35.9. The van der Waals surface area contributed by atoms with Gasteiger partial charge in [-0.25, -0.2) is 0 Å². The van der Waals surface area contributed by atoms with Crippen molar-refractivity contribution in [1.29, 1.82) is 0 Å². The van der Waals surface area contributed by atoms with Crippen LogP contribution < -0.4 is 0 Å². The summed E-state index contributed by atoms with van der Waals surface area (Å²) in [7, 11) is 0. The van der Waals surface area contributed by atoms with Crippen LogP contribution in [0.15, 0.2) is 36.5 Å². The molecular formula is C21H38O6. The van der Waals surface area contributed by atoms with E-state index in [-0.39, 0.29) is 30.5 Å². The van der Waals surface area contributed by atoms with Gasteiger partial charge in [0.05, 0.1) is 32.5 Å². The van der Waals surface area contributed by atoms with Crippen molar-refractivity contribution in [1.82, 2.24) is 0 Å². The summed E-state index contributed by atoms with van der Waals surface area (Å²) in [5.41, 5.74) is -1.59. The Balaban J connectivity index is 0.000000378. The highest BCUT2D eigenvalue weighted by atomic mass is 16.6. The second-order valence-corrected chi connectivity index (χ2v) is 6.79. The van der Waals surface area contributed by atoms with Crippen LogP contribution in [0.5, 0.6) is 0 Å². The van der Waals surface area contributed by atoms with Gasteiger partial charge in [0.1, 0.15) is 16.8 Å². The van der Waals surface area contributed by atoms with E-state index in [1.807, 2.05) is 58.9 Å². The molecule has 6 nitrogen and oxygen atoms in total. The minimum absolute atomic E-state index is 0.108. The lowest BCUT2D eigenvalue weighted by Gasteiger charge is -2.18. The van der Waals surface area contributed by atoms with Gasteiger partial charge in [0, 0.05) is 0 Å². The van der Waals surface area contributed by atoms with Gasteiger partial charge in [-0.1, -0.05) is 50.3 Å². The van der Waals surface area contributed by atoms with Gasteiger partial charge in [0.25, 0.3) is 0 Å². The molecule has 0 amide bonds. The maximum absolute atomic E-state index is 9.40. The van der Waals surface area contributed by atoms with Crippen LogP contribution in [-0.2, 0) is 9.47 Å². The minimum Gasteiger partial charge on any atom is -0.393 e. The van der Waals surface area contributed by atoms with Crippen LogP contribution in [0, 0.1) is 0 Å². The fourth-order valence-corrected chi connectivity index (χ4v) is 2.34. The van der Waals surface area contributed by atoms with E-state index in [9.17, 15) is 10.2 Å². The van der Waals surface area contributed by atoms with Crippen molar-refractivity contribution in [2.75, 3.05) is 26.4 Å². The van der Waals surface area contributed by atoms with Crippen molar-refractivity contribution >= 4 is 0 Å². The van der Waals surface area contributed by atoms with E-state index < -0.39 is 5.60 Å². The summed E-state index contributed by atoms with van der Waals surface area (Å²) in [6.07, 6.45) is 11.9.